The maximum absolute atomic E-state index is 13.6. The summed E-state index contributed by atoms with van der Waals surface area (Å²) in [5, 5.41) is 6.59. The van der Waals surface area contributed by atoms with Crippen molar-refractivity contribution in [3.8, 4) is 0 Å². The number of benzene rings is 1. The zero-order chi connectivity index (χ0) is 13.8. The molecular weight excluding hydrogens is 247 g/mol. The third kappa shape index (κ3) is 3.30. The fourth-order valence-electron chi connectivity index (χ4n) is 1.79. The number of nitrogens with one attached hydrogen (secondary N) is 1. The minimum absolute atomic E-state index is 0.205. The summed E-state index contributed by atoms with van der Waals surface area (Å²) in [5.74, 6) is -0.186. The average Bonchev–Trinajstić information content (AvgIpc) is 2.86. The van der Waals surface area contributed by atoms with Crippen molar-refractivity contribution in [1.29, 1.82) is 0 Å². The van der Waals surface area contributed by atoms with Gasteiger partial charge in [-0.05, 0) is 12.0 Å². The lowest BCUT2D eigenvalue weighted by atomic mass is 10.0. The molecule has 19 heavy (non-hydrogen) atoms. The molecule has 1 N–H and O–H groups in total. The van der Waals surface area contributed by atoms with Gasteiger partial charge >= 0.3 is 0 Å². The number of hydrogen-bond donors (Lipinski definition) is 1. The minimum Gasteiger partial charge on any atom is -0.382 e. The van der Waals surface area contributed by atoms with Crippen LogP contribution in [0.15, 0.2) is 29.4 Å². The van der Waals surface area contributed by atoms with Crippen LogP contribution in [0.25, 0.3) is 0 Å². The number of amides is 1. The van der Waals surface area contributed by atoms with Crippen LogP contribution in [-0.2, 0) is 9.63 Å². The van der Waals surface area contributed by atoms with Crippen LogP contribution >= 0.6 is 0 Å². The summed E-state index contributed by atoms with van der Waals surface area (Å²) in [6, 6.07) is 6.34. The minimum atomic E-state index is -0.659. The number of hydrogen-bond acceptors (Lipinski definition) is 3. The molecule has 102 valence electrons. The average molecular weight is 264 g/mol. The summed E-state index contributed by atoms with van der Waals surface area (Å²) in [5.41, 5.74) is 0.865. The lowest BCUT2D eigenvalue weighted by molar-refractivity contribution is -0.131. The zero-order valence-electron chi connectivity index (χ0n) is 11.0. The Morgan fingerprint density at radius 3 is 2.95 bits per heavy atom. The normalized spacial score (nSPS) is 18.1. The van der Waals surface area contributed by atoms with Gasteiger partial charge in [0, 0.05) is 18.5 Å². The van der Waals surface area contributed by atoms with Gasteiger partial charge in [0.05, 0.1) is 5.71 Å². The Bertz CT molecular complexity index is 500. The van der Waals surface area contributed by atoms with Gasteiger partial charge in [0.25, 0.3) is 5.91 Å². The molecule has 1 aliphatic rings. The van der Waals surface area contributed by atoms with Gasteiger partial charge in [-0.25, -0.2) is 4.39 Å². The van der Waals surface area contributed by atoms with Crippen LogP contribution in [0.3, 0.4) is 0 Å². The molecule has 0 aromatic heterocycles. The molecule has 1 aliphatic heterocycles. The van der Waals surface area contributed by atoms with E-state index >= 15 is 0 Å². The molecule has 0 unspecified atom stereocenters. The molecule has 0 fully saturated rings. The first-order chi connectivity index (χ1) is 9.08. The van der Waals surface area contributed by atoms with E-state index in [9.17, 15) is 9.18 Å². The lowest BCUT2D eigenvalue weighted by Gasteiger charge is -2.10. The summed E-state index contributed by atoms with van der Waals surface area (Å²) >= 11 is 0. The molecule has 0 spiro atoms. The third-order valence-electron chi connectivity index (χ3n) is 2.83. The molecule has 1 atom stereocenters. The Kier molecular flexibility index (Phi) is 4.14. The summed E-state index contributed by atoms with van der Waals surface area (Å²) < 4.78 is 13.6. The molecule has 5 heteroatoms. The van der Waals surface area contributed by atoms with E-state index in [1.165, 1.54) is 6.07 Å². The van der Waals surface area contributed by atoms with E-state index in [0.29, 0.717) is 30.2 Å². The number of carbonyl (C=O) groups is 1. The van der Waals surface area contributed by atoms with Crippen molar-refractivity contribution in [2.45, 2.75) is 26.4 Å². The van der Waals surface area contributed by atoms with Gasteiger partial charge in [-0.3, -0.25) is 4.79 Å². The largest absolute Gasteiger partial charge is 0.382 e. The van der Waals surface area contributed by atoms with Crippen LogP contribution in [0.4, 0.5) is 4.39 Å². The lowest BCUT2D eigenvalue weighted by Crippen LogP contribution is -2.36. The Morgan fingerprint density at radius 1 is 1.53 bits per heavy atom. The highest BCUT2D eigenvalue weighted by molar-refractivity contribution is 6.04. The maximum Gasteiger partial charge on any atom is 0.264 e. The van der Waals surface area contributed by atoms with Crippen molar-refractivity contribution < 1.29 is 14.0 Å². The molecule has 0 saturated carbocycles. The Balaban J connectivity index is 1.96. The van der Waals surface area contributed by atoms with Crippen LogP contribution in [0, 0.1) is 11.7 Å². The highest BCUT2D eigenvalue weighted by Crippen LogP contribution is 2.18. The van der Waals surface area contributed by atoms with Crippen LogP contribution in [0.1, 0.15) is 25.8 Å². The third-order valence-corrected chi connectivity index (χ3v) is 2.83. The highest BCUT2D eigenvalue weighted by atomic mass is 19.1. The summed E-state index contributed by atoms with van der Waals surface area (Å²) in [6.45, 7) is 4.61. The molecule has 0 saturated heterocycles. The van der Waals surface area contributed by atoms with E-state index in [1.807, 2.05) is 13.8 Å². The first-order valence-electron chi connectivity index (χ1n) is 6.33. The molecular formula is C14H17FN2O2. The predicted molar refractivity (Wildman–Crippen MR) is 70.3 cm³/mol. The van der Waals surface area contributed by atoms with E-state index in [0.717, 1.165) is 0 Å². The van der Waals surface area contributed by atoms with Crippen molar-refractivity contribution >= 4 is 11.6 Å². The molecule has 0 aliphatic carbocycles. The van der Waals surface area contributed by atoms with Gasteiger partial charge in [0.1, 0.15) is 5.82 Å². The second-order valence-corrected chi connectivity index (χ2v) is 4.96. The van der Waals surface area contributed by atoms with Gasteiger partial charge in [-0.1, -0.05) is 37.2 Å². The predicted octanol–water partition coefficient (Wildman–Crippen LogP) is 2.09. The number of oxime groups is 1. The van der Waals surface area contributed by atoms with E-state index < -0.39 is 6.10 Å². The topological polar surface area (TPSA) is 50.7 Å². The van der Waals surface area contributed by atoms with Gasteiger partial charge in [-0.15, -0.1) is 0 Å². The summed E-state index contributed by atoms with van der Waals surface area (Å²) in [7, 11) is 0. The van der Waals surface area contributed by atoms with Crippen molar-refractivity contribution in [2.24, 2.45) is 11.1 Å². The molecule has 0 radical (unpaired) electrons. The Hall–Kier alpha value is -1.91. The van der Waals surface area contributed by atoms with E-state index in [4.69, 9.17) is 4.84 Å². The number of carbonyl (C=O) groups excluding carboxylic acids is 1. The van der Waals surface area contributed by atoms with Gasteiger partial charge in [0.2, 0.25) is 6.10 Å². The van der Waals surface area contributed by atoms with E-state index in [-0.39, 0.29) is 11.7 Å². The number of halogens is 1. The molecule has 1 heterocycles. The monoisotopic (exact) mass is 264 g/mol. The summed E-state index contributed by atoms with van der Waals surface area (Å²) in [4.78, 5) is 16.9. The molecule has 2 rings (SSSR count). The number of rotatable bonds is 4. The van der Waals surface area contributed by atoms with Crippen molar-refractivity contribution in [2.75, 3.05) is 6.54 Å². The van der Waals surface area contributed by atoms with Gasteiger partial charge in [-0.2, -0.15) is 0 Å². The Morgan fingerprint density at radius 2 is 2.26 bits per heavy atom. The number of nitrogens with zero attached hydrogens (tertiary/aromatic N) is 1. The maximum atomic E-state index is 13.6. The standard InChI is InChI=1S/C14H17FN2O2/c1-9(2)8-16-14(18)13-7-12(17-19-13)10-5-3-4-6-11(10)15/h3-6,9,13H,7-8H2,1-2H3,(H,16,18)/t13-/m0/s1. The highest BCUT2D eigenvalue weighted by Gasteiger charge is 2.29. The fraction of sp³-hybridized carbons (Fsp3) is 0.429. The van der Waals surface area contributed by atoms with Gasteiger partial charge in [0.15, 0.2) is 0 Å². The SMILES string of the molecule is CC(C)CNC(=O)[C@@H]1CC(c2ccccc2F)=NO1. The molecule has 1 amide bonds. The second-order valence-electron chi connectivity index (χ2n) is 4.96. The first-order valence-corrected chi connectivity index (χ1v) is 6.33. The molecule has 1 aromatic rings. The molecule has 0 bridgehead atoms. The van der Waals surface area contributed by atoms with Crippen LogP contribution < -0.4 is 5.32 Å². The fourth-order valence-corrected chi connectivity index (χ4v) is 1.79. The smallest absolute Gasteiger partial charge is 0.264 e. The van der Waals surface area contributed by atoms with Crippen molar-refractivity contribution in [1.82, 2.24) is 5.32 Å². The second kappa shape index (κ2) is 5.82. The summed E-state index contributed by atoms with van der Waals surface area (Å²) in [6.07, 6.45) is -0.362. The molecule has 4 nitrogen and oxygen atoms in total. The van der Waals surface area contributed by atoms with E-state index in [2.05, 4.69) is 10.5 Å². The van der Waals surface area contributed by atoms with Gasteiger partial charge < -0.3 is 10.2 Å². The quantitative estimate of drug-likeness (QED) is 0.905. The van der Waals surface area contributed by atoms with Crippen LogP contribution in [0.5, 0.6) is 0 Å². The van der Waals surface area contributed by atoms with Crippen LogP contribution in [-0.4, -0.2) is 24.3 Å². The van der Waals surface area contributed by atoms with E-state index in [1.54, 1.807) is 18.2 Å². The zero-order valence-corrected chi connectivity index (χ0v) is 11.0. The molecule has 1 aromatic carbocycles. The van der Waals surface area contributed by atoms with Crippen molar-refractivity contribution in [3.63, 3.8) is 0 Å². The van der Waals surface area contributed by atoms with Crippen molar-refractivity contribution in [3.05, 3.63) is 35.6 Å². The first kappa shape index (κ1) is 13.5. The Labute approximate surface area is 111 Å². The van der Waals surface area contributed by atoms with Crippen LogP contribution in [0.2, 0.25) is 0 Å².